The van der Waals surface area contributed by atoms with E-state index in [0.29, 0.717) is 5.56 Å². The summed E-state index contributed by atoms with van der Waals surface area (Å²) in [5.74, 6) is -1.52. The zero-order valence-electron chi connectivity index (χ0n) is 21.1. The maximum absolute atomic E-state index is 13.8. The molecule has 1 N–H and O–H groups in total. The lowest BCUT2D eigenvalue weighted by molar-refractivity contribution is -0.139. The van der Waals surface area contributed by atoms with Crippen molar-refractivity contribution in [2.75, 3.05) is 10.8 Å². The van der Waals surface area contributed by atoms with E-state index in [1.807, 2.05) is 0 Å². The Kier molecular flexibility index (Phi) is 9.76. The summed E-state index contributed by atoms with van der Waals surface area (Å²) in [4.78, 5) is 27.9. The van der Waals surface area contributed by atoms with Gasteiger partial charge >= 0.3 is 0 Å². The van der Waals surface area contributed by atoms with Crippen molar-refractivity contribution in [3.63, 3.8) is 0 Å². The average molecular weight is 581 g/mol. The number of rotatable bonds is 10. The molecule has 11 heteroatoms. The molecule has 2 amide bonds. The van der Waals surface area contributed by atoms with Crippen LogP contribution in [0, 0.1) is 5.82 Å². The number of anilines is 1. The number of hydrogen-bond donors (Lipinski definition) is 1. The Morgan fingerprint density at radius 3 is 2.05 bits per heavy atom. The predicted octanol–water partition coefficient (Wildman–Crippen LogP) is 5.27. The Hall–Kier alpha value is -3.14. The van der Waals surface area contributed by atoms with Crippen molar-refractivity contribution in [2.45, 2.75) is 44.3 Å². The molecular formula is C27H28Cl2FN3O4S. The molecule has 0 saturated heterocycles. The van der Waals surface area contributed by atoms with Crippen LogP contribution in [-0.4, -0.2) is 43.8 Å². The van der Waals surface area contributed by atoms with Crippen molar-refractivity contribution in [3.8, 4) is 0 Å². The van der Waals surface area contributed by atoms with Gasteiger partial charge in [-0.15, -0.1) is 0 Å². The van der Waals surface area contributed by atoms with E-state index < -0.39 is 40.2 Å². The van der Waals surface area contributed by atoms with Gasteiger partial charge in [-0.1, -0.05) is 53.5 Å². The largest absolute Gasteiger partial charge is 0.352 e. The number of halogens is 3. The lowest BCUT2D eigenvalue weighted by atomic mass is 10.1. The van der Waals surface area contributed by atoms with Gasteiger partial charge in [-0.25, -0.2) is 12.8 Å². The summed E-state index contributed by atoms with van der Waals surface area (Å²) in [6.45, 7) is 4.42. The summed E-state index contributed by atoms with van der Waals surface area (Å²) < 4.78 is 41.8. The number of amides is 2. The van der Waals surface area contributed by atoms with Crippen molar-refractivity contribution in [3.05, 3.63) is 94.2 Å². The molecule has 3 rings (SSSR count). The minimum absolute atomic E-state index is 0.0421. The molecule has 0 heterocycles. The average Bonchev–Trinajstić information content (AvgIpc) is 2.85. The second kappa shape index (κ2) is 12.6. The summed E-state index contributed by atoms with van der Waals surface area (Å²) in [5.41, 5.74) is 0.646. The van der Waals surface area contributed by atoms with Crippen molar-refractivity contribution in [1.82, 2.24) is 10.2 Å². The molecule has 0 fully saturated rings. The third-order valence-electron chi connectivity index (χ3n) is 5.61. The number of carbonyl (C=O) groups excluding carboxylic acids is 2. The van der Waals surface area contributed by atoms with Gasteiger partial charge in [0.25, 0.3) is 10.0 Å². The highest BCUT2D eigenvalue weighted by molar-refractivity contribution is 7.92. The normalized spacial score (nSPS) is 12.2. The van der Waals surface area contributed by atoms with Gasteiger partial charge in [0.1, 0.15) is 18.4 Å². The van der Waals surface area contributed by atoms with Crippen LogP contribution in [0.15, 0.2) is 77.7 Å². The number of nitrogens with one attached hydrogen (secondary N) is 1. The SMILES string of the molecule is CC(C)NC(=O)[C@@H](C)N(Cc1ccc(F)cc1)C(=O)CN(c1cc(Cl)cc(Cl)c1)S(=O)(=O)c1ccccc1. The van der Waals surface area contributed by atoms with Crippen molar-refractivity contribution in [1.29, 1.82) is 0 Å². The number of benzene rings is 3. The van der Waals surface area contributed by atoms with Gasteiger partial charge in [-0.05, 0) is 68.8 Å². The third-order valence-corrected chi connectivity index (χ3v) is 7.83. The Morgan fingerprint density at radius 2 is 1.50 bits per heavy atom. The molecule has 0 bridgehead atoms. The first-order valence-electron chi connectivity index (χ1n) is 11.8. The molecule has 0 saturated carbocycles. The molecular weight excluding hydrogens is 552 g/mol. The van der Waals surface area contributed by atoms with E-state index in [9.17, 15) is 22.4 Å². The Morgan fingerprint density at radius 1 is 0.921 bits per heavy atom. The zero-order chi connectivity index (χ0) is 28.0. The van der Waals surface area contributed by atoms with Gasteiger partial charge < -0.3 is 10.2 Å². The summed E-state index contributed by atoms with van der Waals surface area (Å²) in [7, 11) is -4.24. The van der Waals surface area contributed by atoms with Crippen LogP contribution in [0.2, 0.25) is 10.0 Å². The van der Waals surface area contributed by atoms with E-state index >= 15 is 0 Å². The highest BCUT2D eigenvalue weighted by atomic mass is 35.5. The zero-order valence-corrected chi connectivity index (χ0v) is 23.4. The standard InChI is InChI=1S/C27H28Cl2FN3O4S/c1-18(2)31-27(35)19(3)32(16-20-9-11-23(30)12-10-20)26(34)17-33(24-14-21(28)13-22(29)15-24)38(36,37)25-7-5-4-6-8-25/h4-15,18-19H,16-17H2,1-3H3,(H,31,35)/t19-/m1/s1. The second-order valence-electron chi connectivity index (χ2n) is 8.94. The van der Waals surface area contributed by atoms with E-state index in [1.165, 1.54) is 59.5 Å². The van der Waals surface area contributed by atoms with Crippen LogP contribution < -0.4 is 9.62 Å². The third kappa shape index (κ3) is 7.46. The summed E-state index contributed by atoms with van der Waals surface area (Å²) in [6.07, 6.45) is 0. The van der Waals surface area contributed by atoms with Crippen LogP contribution in [0.3, 0.4) is 0 Å². The first-order valence-corrected chi connectivity index (χ1v) is 14.0. The monoisotopic (exact) mass is 579 g/mol. The molecule has 0 unspecified atom stereocenters. The smallest absolute Gasteiger partial charge is 0.264 e. The number of sulfonamides is 1. The van der Waals surface area contributed by atoms with Crippen LogP contribution in [0.5, 0.6) is 0 Å². The molecule has 0 aliphatic carbocycles. The summed E-state index contributed by atoms with van der Waals surface area (Å²) in [6, 6.07) is 16.2. The molecule has 3 aromatic carbocycles. The van der Waals surface area contributed by atoms with Gasteiger partial charge in [0.15, 0.2) is 0 Å². The first kappa shape index (κ1) is 29.4. The fourth-order valence-electron chi connectivity index (χ4n) is 3.71. The van der Waals surface area contributed by atoms with Gasteiger partial charge in [0.2, 0.25) is 11.8 Å². The fourth-order valence-corrected chi connectivity index (χ4v) is 5.64. The number of hydrogen-bond acceptors (Lipinski definition) is 4. The lowest BCUT2D eigenvalue weighted by Gasteiger charge is -2.32. The van der Waals surface area contributed by atoms with Crippen molar-refractivity contribution >= 4 is 50.7 Å². The number of carbonyl (C=O) groups is 2. The molecule has 38 heavy (non-hydrogen) atoms. The Labute approximate surface area is 232 Å². The highest BCUT2D eigenvalue weighted by Crippen LogP contribution is 2.30. The predicted molar refractivity (Wildman–Crippen MR) is 147 cm³/mol. The molecule has 0 radical (unpaired) electrons. The first-order chi connectivity index (χ1) is 17.9. The van der Waals surface area contributed by atoms with Gasteiger partial charge in [-0.3, -0.25) is 13.9 Å². The minimum Gasteiger partial charge on any atom is -0.352 e. The number of nitrogens with zero attached hydrogens (tertiary/aromatic N) is 2. The molecule has 202 valence electrons. The maximum Gasteiger partial charge on any atom is 0.264 e. The van der Waals surface area contributed by atoms with Crippen molar-refractivity contribution < 1.29 is 22.4 Å². The molecule has 7 nitrogen and oxygen atoms in total. The molecule has 0 spiro atoms. The Balaban J connectivity index is 2.05. The van der Waals surface area contributed by atoms with Crippen LogP contribution in [-0.2, 0) is 26.2 Å². The van der Waals surface area contributed by atoms with E-state index in [-0.39, 0.29) is 33.2 Å². The maximum atomic E-state index is 13.8. The van der Waals surface area contributed by atoms with Crippen LogP contribution in [0.4, 0.5) is 10.1 Å². The van der Waals surface area contributed by atoms with Crippen LogP contribution in [0.1, 0.15) is 26.3 Å². The van der Waals surface area contributed by atoms with Gasteiger partial charge in [-0.2, -0.15) is 0 Å². The fraction of sp³-hybridized carbons (Fsp3) is 0.259. The van der Waals surface area contributed by atoms with Gasteiger partial charge in [0.05, 0.1) is 10.6 Å². The molecule has 3 aromatic rings. The van der Waals surface area contributed by atoms with Crippen molar-refractivity contribution in [2.24, 2.45) is 0 Å². The molecule has 0 aromatic heterocycles. The molecule has 1 atom stereocenters. The molecule has 0 aliphatic heterocycles. The van der Waals surface area contributed by atoms with Gasteiger partial charge in [0, 0.05) is 22.6 Å². The summed E-state index contributed by atoms with van der Waals surface area (Å²) >= 11 is 12.3. The van der Waals surface area contributed by atoms with E-state index in [0.717, 1.165) is 4.31 Å². The van der Waals surface area contributed by atoms with E-state index in [2.05, 4.69) is 5.32 Å². The van der Waals surface area contributed by atoms with E-state index in [4.69, 9.17) is 23.2 Å². The summed E-state index contributed by atoms with van der Waals surface area (Å²) in [5, 5.41) is 3.13. The molecule has 0 aliphatic rings. The minimum atomic E-state index is -4.24. The lowest BCUT2D eigenvalue weighted by Crippen LogP contribution is -2.52. The van der Waals surface area contributed by atoms with E-state index in [1.54, 1.807) is 39.0 Å². The second-order valence-corrected chi connectivity index (χ2v) is 11.7. The van der Waals surface area contributed by atoms with Crippen LogP contribution in [0.25, 0.3) is 0 Å². The topological polar surface area (TPSA) is 86.8 Å². The quantitative estimate of drug-likeness (QED) is 0.354. The van der Waals surface area contributed by atoms with Crippen LogP contribution >= 0.6 is 23.2 Å². The Bertz CT molecular complexity index is 1370. The highest BCUT2D eigenvalue weighted by Gasteiger charge is 2.33.